The fraction of sp³-hybridized carbons (Fsp3) is 0.632. The van der Waals surface area contributed by atoms with Gasteiger partial charge in [-0.15, -0.1) is 19.7 Å². The number of aromatic nitrogens is 3. The molecule has 0 bridgehead atoms. The Balaban J connectivity index is -0.000000837. The van der Waals surface area contributed by atoms with Gasteiger partial charge < -0.3 is 50.9 Å². The summed E-state index contributed by atoms with van der Waals surface area (Å²) in [6.07, 6.45) is 56.0. The molecule has 0 amide bonds. The number of hydrogen-bond donors (Lipinski definition) is 0. The Morgan fingerprint density at radius 2 is 0.508 bits per heavy atom. The van der Waals surface area contributed by atoms with Gasteiger partial charge in [-0.25, -0.2) is 13.7 Å². The molecule has 3 unspecified atom stereocenters. The van der Waals surface area contributed by atoms with Crippen LogP contribution in [0.1, 0.15) is 194 Å². The van der Waals surface area contributed by atoms with Crippen LogP contribution in [0.5, 0.6) is 0 Å². The van der Waals surface area contributed by atoms with Gasteiger partial charge in [-0.3, -0.25) is 0 Å². The van der Waals surface area contributed by atoms with Crippen LogP contribution in [0.3, 0.4) is 0 Å². The lowest BCUT2D eigenvalue weighted by Crippen LogP contribution is -3.00. The molecule has 63 heavy (non-hydrogen) atoms. The van der Waals surface area contributed by atoms with Crippen LogP contribution in [0, 0.1) is 17.8 Å². The second kappa shape index (κ2) is 51.1. The number of unbranched alkanes of at least 4 members (excludes halogenated alkanes) is 15. The van der Waals surface area contributed by atoms with Gasteiger partial charge in [0, 0.05) is 55.7 Å². The topological polar surface area (TPSA) is 11.6 Å². The molecule has 360 valence electrons. The summed E-state index contributed by atoms with van der Waals surface area (Å²) in [4.78, 5) is 0. The highest BCUT2D eigenvalue weighted by atomic mass is 79.9. The Morgan fingerprint density at radius 1 is 0.302 bits per heavy atom. The van der Waals surface area contributed by atoms with Crippen molar-refractivity contribution in [1.82, 2.24) is 0 Å². The molecule has 0 aliphatic carbocycles. The van der Waals surface area contributed by atoms with E-state index in [2.05, 4.69) is 164 Å². The fourth-order valence-corrected chi connectivity index (χ4v) is 8.06. The van der Waals surface area contributed by atoms with Crippen molar-refractivity contribution in [3.8, 4) is 0 Å². The third-order valence-electron chi connectivity index (χ3n) is 12.1. The third-order valence-corrected chi connectivity index (χ3v) is 12.1. The lowest BCUT2D eigenvalue weighted by Gasteiger charge is -2.11. The second-order valence-corrected chi connectivity index (χ2v) is 17.4. The lowest BCUT2D eigenvalue weighted by molar-refractivity contribution is -0.697. The van der Waals surface area contributed by atoms with Crippen LogP contribution in [-0.2, 0) is 19.6 Å². The molecule has 0 aliphatic heterocycles. The summed E-state index contributed by atoms with van der Waals surface area (Å²) in [6, 6.07) is 18.8. The van der Waals surface area contributed by atoms with Gasteiger partial charge >= 0.3 is 0 Å². The molecule has 3 aromatic rings. The van der Waals surface area contributed by atoms with Crippen LogP contribution in [0.25, 0.3) is 0 Å². The first-order valence-electron chi connectivity index (χ1n) is 25.3. The maximum absolute atomic E-state index is 4.01. The Morgan fingerprint density at radius 3 is 0.730 bits per heavy atom. The Bertz CT molecular complexity index is 1180. The van der Waals surface area contributed by atoms with Gasteiger partial charge in [0.05, 0.1) is 0 Å². The predicted molar refractivity (Wildman–Crippen MR) is 263 cm³/mol. The van der Waals surface area contributed by atoms with Crippen LogP contribution >= 0.6 is 0 Å². The van der Waals surface area contributed by atoms with Crippen molar-refractivity contribution in [2.75, 3.05) is 0 Å². The van der Waals surface area contributed by atoms with Gasteiger partial charge in [0.15, 0.2) is 37.2 Å². The summed E-state index contributed by atoms with van der Waals surface area (Å²) in [5.41, 5.74) is 0. The van der Waals surface area contributed by atoms with Gasteiger partial charge in [0.2, 0.25) is 0 Å². The molecular weight excluding hydrogens is 966 g/mol. The van der Waals surface area contributed by atoms with Crippen molar-refractivity contribution < 1.29 is 64.6 Å². The van der Waals surface area contributed by atoms with E-state index >= 15 is 0 Å². The molecule has 0 aliphatic rings. The van der Waals surface area contributed by atoms with Gasteiger partial charge in [-0.2, -0.15) is 0 Å². The zero-order chi connectivity index (χ0) is 43.4. The van der Waals surface area contributed by atoms with Crippen molar-refractivity contribution in [2.24, 2.45) is 17.8 Å². The largest absolute Gasteiger partial charge is 1.00 e. The number of allylic oxidation sites excluding steroid dienone is 3. The molecule has 3 aromatic heterocycles. The molecule has 0 saturated heterocycles. The summed E-state index contributed by atoms with van der Waals surface area (Å²) in [6.45, 7) is 22.2. The zero-order valence-electron chi connectivity index (χ0n) is 40.9. The monoisotopic (exact) mass is 1060 g/mol. The predicted octanol–water partition coefficient (Wildman–Crippen LogP) is 6.93. The van der Waals surface area contributed by atoms with Crippen LogP contribution in [0.15, 0.2) is 130 Å². The maximum atomic E-state index is 4.01. The highest BCUT2D eigenvalue weighted by Gasteiger charge is 2.09. The average Bonchev–Trinajstić information content (AvgIpc) is 3.29. The van der Waals surface area contributed by atoms with Gasteiger partial charge in [0.1, 0.15) is 19.6 Å². The first-order valence-corrected chi connectivity index (χ1v) is 25.3. The molecule has 3 nitrogen and oxygen atoms in total. The summed E-state index contributed by atoms with van der Waals surface area (Å²) in [7, 11) is 0. The number of halogens is 3. The zero-order valence-corrected chi connectivity index (χ0v) is 45.7. The van der Waals surface area contributed by atoms with E-state index in [1.54, 1.807) is 0 Å². The van der Waals surface area contributed by atoms with E-state index in [1.165, 1.54) is 173 Å². The molecule has 3 rings (SSSR count). The highest BCUT2D eigenvalue weighted by molar-refractivity contribution is 4.85. The Kier molecular flexibility index (Phi) is 53.0. The summed E-state index contributed by atoms with van der Waals surface area (Å²) in [5, 5.41) is 0. The molecule has 3 atom stereocenters. The quantitative estimate of drug-likeness (QED) is 0.0341. The molecular formula is C57H96Br3N3. The first-order chi connectivity index (χ1) is 29.6. The van der Waals surface area contributed by atoms with E-state index in [-0.39, 0.29) is 50.9 Å². The first kappa shape index (κ1) is 65.4. The molecule has 0 radical (unpaired) electrons. The van der Waals surface area contributed by atoms with E-state index in [9.17, 15) is 0 Å². The standard InChI is InChI=1S/3C19H32N.3BrH/c3*1-3-5-6-7-8-10-14-19(4-2)15-13-18-20-16-11-9-12-17-20;;;/h3*4,9,11-12,16-17,19H,2-3,5-8,10,13-15,18H2,1H3;3*1H/q3*+1;;;/p-3. The molecule has 0 aromatic carbocycles. The van der Waals surface area contributed by atoms with Crippen LogP contribution < -0.4 is 64.6 Å². The lowest BCUT2D eigenvalue weighted by atomic mass is 9.96. The number of hydrogen-bond acceptors (Lipinski definition) is 0. The van der Waals surface area contributed by atoms with Crippen molar-refractivity contribution >= 4 is 0 Å². The minimum Gasteiger partial charge on any atom is -1.00 e. The molecule has 0 saturated carbocycles. The number of pyridine rings is 3. The SMILES string of the molecule is C=CC(CCCCCCCC)CCC[n+]1ccccc1.C=CC(CCCCCCCC)CCC[n+]1ccccc1.C=CC(CCCCCCCC)CCC[n+]1ccccc1.[Br-].[Br-].[Br-]. The van der Waals surface area contributed by atoms with Crippen molar-refractivity contribution in [1.29, 1.82) is 0 Å². The van der Waals surface area contributed by atoms with Crippen molar-refractivity contribution in [2.45, 2.75) is 214 Å². The second-order valence-electron chi connectivity index (χ2n) is 17.4. The van der Waals surface area contributed by atoms with E-state index in [4.69, 9.17) is 0 Å². The normalized spacial score (nSPS) is 11.7. The molecule has 0 spiro atoms. The average molecular weight is 1060 g/mol. The van der Waals surface area contributed by atoms with Crippen LogP contribution in [-0.4, -0.2) is 0 Å². The Labute approximate surface area is 423 Å². The van der Waals surface area contributed by atoms with Crippen molar-refractivity contribution in [3.63, 3.8) is 0 Å². The minimum atomic E-state index is 0. The number of nitrogens with zero attached hydrogens (tertiary/aromatic N) is 3. The van der Waals surface area contributed by atoms with Gasteiger partial charge in [-0.1, -0.05) is 173 Å². The number of aryl methyl sites for hydroxylation is 3. The van der Waals surface area contributed by atoms with E-state index in [1.807, 2.05) is 0 Å². The maximum Gasteiger partial charge on any atom is 0.168 e. The molecule has 0 fully saturated rings. The third kappa shape index (κ3) is 41.3. The fourth-order valence-electron chi connectivity index (χ4n) is 8.06. The highest BCUT2D eigenvalue weighted by Crippen LogP contribution is 2.20. The Hall–Kier alpha value is -1.89. The molecule has 3 heterocycles. The van der Waals surface area contributed by atoms with E-state index < -0.39 is 0 Å². The summed E-state index contributed by atoms with van der Waals surface area (Å²) in [5.74, 6) is 2.14. The van der Waals surface area contributed by atoms with Crippen LogP contribution in [0.2, 0.25) is 0 Å². The molecule has 6 heteroatoms. The van der Waals surface area contributed by atoms with E-state index in [0.29, 0.717) is 17.8 Å². The number of rotatable bonds is 36. The summed E-state index contributed by atoms with van der Waals surface area (Å²) < 4.78 is 6.81. The van der Waals surface area contributed by atoms with Gasteiger partial charge in [0.25, 0.3) is 0 Å². The van der Waals surface area contributed by atoms with Crippen molar-refractivity contribution in [3.05, 3.63) is 130 Å². The minimum absolute atomic E-state index is 0. The summed E-state index contributed by atoms with van der Waals surface area (Å²) >= 11 is 0. The smallest absolute Gasteiger partial charge is 0.168 e. The van der Waals surface area contributed by atoms with Crippen LogP contribution in [0.4, 0.5) is 0 Å². The molecule has 0 N–H and O–H groups in total. The van der Waals surface area contributed by atoms with Gasteiger partial charge in [-0.05, 0) is 56.3 Å². The van der Waals surface area contributed by atoms with E-state index in [0.717, 1.165) is 19.6 Å².